The molecular formula is C19H22FN3O3. The summed E-state index contributed by atoms with van der Waals surface area (Å²) in [4.78, 5) is 23.8. The Balaban J connectivity index is 1.87. The van der Waals surface area contributed by atoms with E-state index in [1.807, 2.05) is 13.8 Å². The van der Waals surface area contributed by atoms with E-state index in [2.05, 4.69) is 16.0 Å². The van der Waals surface area contributed by atoms with Crippen molar-refractivity contribution in [2.45, 2.75) is 26.0 Å². The maximum Gasteiger partial charge on any atom is 0.319 e. The van der Waals surface area contributed by atoms with Gasteiger partial charge in [0.15, 0.2) is 0 Å². The molecule has 6 nitrogen and oxygen atoms in total. The molecule has 0 aliphatic rings. The second-order valence-electron chi connectivity index (χ2n) is 6.11. The van der Waals surface area contributed by atoms with Crippen molar-refractivity contribution >= 4 is 17.6 Å². The number of urea groups is 1. The molecule has 138 valence electrons. The number of nitrogens with one attached hydrogen (secondary N) is 3. The molecule has 1 unspecified atom stereocenters. The van der Waals surface area contributed by atoms with Gasteiger partial charge in [-0.1, -0.05) is 12.1 Å². The topological polar surface area (TPSA) is 90.5 Å². The van der Waals surface area contributed by atoms with Crippen molar-refractivity contribution < 1.29 is 19.1 Å². The predicted octanol–water partition coefficient (Wildman–Crippen LogP) is 2.82. The molecule has 26 heavy (non-hydrogen) atoms. The van der Waals surface area contributed by atoms with E-state index >= 15 is 0 Å². The molecule has 0 heterocycles. The number of aliphatic hydroxyl groups is 1. The molecule has 4 N–H and O–H groups in total. The van der Waals surface area contributed by atoms with Gasteiger partial charge in [0.1, 0.15) is 5.82 Å². The van der Waals surface area contributed by atoms with Gasteiger partial charge in [-0.2, -0.15) is 0 Å². The maximum atomic E-state index is 12.9. The molecule has 2 rings (SSSR count). The molecule has 0 aromatic heterocycles. The molecule has 7 heteroatoms. The van der Waals surface area contributed by atoms with Crippen molar-refractivity contribution in [2.24, 2.45) is 0 Å². The third-order valence-electron chi connectivity index (χ3n) is 3.54. The van der Waals surface area contributed by atoms with Crippen LogP contribution in [-0.4, -0.2) is 29.6 Å². The monoisotopic (exact) mass is 359 g/mol. The molecule has 0 saturated heterocycles. The van der Waals surface area contributed by atoms with E-state index in [1.165, 1.54) is 24.3 Å². The van der Waals surface area contributed by atoms with Gasteiger partial charge >= 0.3 is 6.03 Å². The fourth-order valence-electron chi connectivity index (χ4n) is 2.23. The summed E-state index contributed by atoms with van der Waals surface area (Å²) < 4.78 is 12.9. The van der Waals surface area contributed by atoms with Crippen molar-refractivity contribution in [3.63, 3.8) is 0 Å². The van der Waals surface area contributed by atoms with Gasteiger partial charge in [0.05, 0.1) is 6.10 Å². The van der Waals surface area contributed by atoms with Crippen molar-refractivity contribution in [3.8, 4) is 0 Å². The molecule has 3 amide bonds. The average molecular weight is 359 g/mol. The Kier molecular flexibility index (Phi) is 6.68. The molecule has 2 aromatic rings. The molecule has 1 atom stereocenters. The van der Waals surface area contributed by atoms with Crippen molar-refractivity contribution in [3.05, 3.63) is 65.5 Å². The summed E-state index contributed by atoms with van der Waals surface area (Å²) in [5.41, 5.74) is 1.47. The minimum Gasteiger partial charge on any atom is -0.387 e. The largest absolute Gasteiger partial charge is 0.387 e. The summed E-state index contributed by atoms with van der Waals surface area (Å²) in [5, 5.41) is 18.0. The zero-order chi connectivity index (χ0) is 19.1. The van der Waals surface area contributed by atoms with Crippen LogP contribution in [0.3, 0.4) is 0 Å². The van der Waals surface area contributed by atoms with Crippen molar-refractivity contribution in [1.82, 2.24) is 10.6 Å². The summed E-state index contributed by atoms with van der Waals surface area (Å²) in [7, 11) is 0. The van der Waals surface area contributed by atoms with E-state index < -0.39 is 6.10 Å². The van der Waals surface area contributed by atoms with Crippen LogP contribution in [0.15, 0.2) is 48.5 Å². The first-order valence-electron chi connectivity index (χ1n) is 8.24. The second-order valence-corrected chi connectivity index (χ2v) is 6.11. The van der Waals surface area contributed by atoms with E-state index in [4.69, 9.17) is 0 Å². The second kappa shape index (κ2) is 8.96. The van der Waals surface area contributed by atoms with Gasteiger partial charge in [0.25, 0.3) is 5.91 Å². The van der Waals surface area contributed by atoms with Crippen LogP contribution in [0.2, 0.25) is 0 Å². The SMILES string of the molecule is CC(C)NC(=O)Nc1ccc(C(=O)NCC(O)c2ccc(F)cc2)cc1. The highest BCUT2D eigenvalue weighted by Crippen LogP contribution is 2.13. The standard InChI is InChI=1S/C19H22FN3O3/c1-12(2)22-19(26)23-16-9-5-14(6-10-16)18(25)21-11-17(24)13-3-7-15(20)8-4-13/h3-10,12,17,24H,11H2,1-2H3,(H,21,25)(H2,22,23,26). The number of benzene rings is 2. The Morgan fingerprint density at radius 3 is 2.23 bits per heavy atom. The van der Waals surface area contributed by atoms with Gasteiger partial charge in [-0.05, 0) is 55.8 Å². The molecule has 0 bridgehead atoms. The highest BCUT2D eigenvalue weighted by atomic mass is 19.1. The normalized spacial score (nSPS) is 11.7. The summed E-state index contributed by atoms with van der Waals surface area (Å²) in [6.07, 6.45) is -0.930. The van der Waals surface area contributed by atoms with Crippen molar-refractivity contribution in [2.75, 3.05) is 11.9 Å². The van der Waals surface area contributed by atoms with Crippen LogP contribution in [0, 0.1) is 5.82 Å². The average Bonchev–Trinajstić information content (AvgIpc) is 2.60. The lowest BCUT2D eigenvalue weighted by atomic mass is 10.1. The first-order valence-corrected chi connectivity index (χ1v) is 8.24. The number of hydrogen-bond donors (Lipinski definition) is 4. The van der Waals surface area contributed by atoms with Gasteiger partial charge in [0.2, 0.25) is 0 Å². The summed E-state index contributed by atoms with van der Waals surface area (Å²) in [6.45, 7) is 3.71. The minimum atomic E-state index is -0.930. The lowest BCUT2D eigenvalue weighted by molar-refractivity contribution is 0.0916. The summed E-state index contributed by atoms with van der Waals surface area (Å²) in [6, 6.07) is 11.5. The van der Waals surface area contributed by atoms with Gasteiger partial charge in [-0.25, -0.2) is 9.18 Å². The minimum absolute atomic E-state index is 0.00125. The highest BCUT2D eigenvalue weighted by Gasteiger charge is 2.11. The molecule has 0 spiro atoms. The molecule has 2 aromatic carbocycles. The Hall–Kier alpha value is -2.93. The summed E-state index contributed by atoms with van der Waals surface area (Å²) in [5.74, 6) is -0.745. The number of carbonyl (C=O) groups is 2. The predicted molar refractivity (Wildman–Crippen MR) is 97.4 cm³/mol. The lowest BCUT2D eigenvalue weighted by Gasteiger charge is -2.13. The fourth-order valence-corrected chi connectivity index (χ4v) is 2.23. The third kappa shape index (κ3) is 5.86. The van der Waals surface area contributed by atoms with E-state index in [-0.39, 0.29) is 30.3 Å². The Morgan fingerprint density at radius 1 is 1.04 bits per heavy atom. The van der Waals surface area contributed by atoms with Gasteiger partial charge in [0, 0.05) is 23.8 Å². The highest BCUT2D eigenvalue weighted by molar-refractivity contribution is 5.95. The molecule has 0 saturated carbocycles. The molecule has 0 fully saturated rings. The van der Waals surface area contributed by atoms with Crippen LogP contribution in [0.4, 0.5) is 14.9 Å². The van der Waals surface area contributed by atoms with Crippen LogP contribution < -0.4 is 16.0 Å². The Labute approximate surface area is 151 Å². The Morgan fingerprint density at radius 2 is 1.65 bits per heavy atom. The zero-order valence-electron chi connectivity index (χ0n) is 14.6. The van der Waals surface area contributed by atoms with E-state index in [9.17, 15) is 19.1 Å². The Bertz CT molecular complexity index is 746. The zero-order valence-corrected chi connectivity index (χ0v) is 14.6. The quantitative estimate of drug-likeness (QED) is 0.639. The first-order chi connectivity index (χ1) is 12.3. The van der Waals surface area contributed by atoms with Crippen LogP contribution >= 0.6 is 0 Å². The van der Waals surface area contributed by atoms with Gasteiger partial charge in [-0.15, -0.1) is 0 Å². The first kappa shape index (κ1) is 19.4. The number of anilines is 1. The van der Waals surface area contributed by atoms with Gasteiger partial charge in [-0.3, -0.25) is 4.79 Å². The van der Waals surface area contributed by atoms with E-state index in [0.717, 1.165) is 0 Å². The van der Waals surface area contributed by atoms with E-state index in [1.54, 1.807) is 24.3 Å². The molecule has 0 radical (unpaired) electrons. The smallest absolute Gasteiger partial charge is 0.319 e. The van der Waals surface area contributed by atoms with Crippen LogP contribution in [0.5, 0.6) is 0 Å². The number of rotatable bonds is 6. The summed E-state index contributed by atoms with van der Waals surface area (Å²) >= 11 is 0. The van der Waals surface area contributed by atoms with Crippen LogP contribution in [0.1, 0.15) is 35.9 Å². The van der Waals surface area contributed by atoms with Gasteiger partial charge < -0.3 is 21.1 Å². The number of aliphatic hydroxyl groups excluding tert-OH is 1. The number of hydrogen-bond acceptors (Lipinski definition) is 3. The number of amides is 3. The molecular weight excluding hydrogens is 337 g/mol. The van der Waals surface area contributed by atoms with E-state index in [0.29, 0.717) is 16.8 Å². The fraction of sp³-hybridized carbons (Fsp3) is 0.263. The maximum absolute atomic E-state index is 12.9. The third-order valence-corrected chi connectivity index (χ3v) is 3.54. The number of carbonyl (C=O) groups excluding carboxylic acids is 2. The van der Waals surface area contributed by atoms with Crippen molar-refractivity contribution in [1.29, 1.82) is 0 Å². The lowest BCUT2D eigenvalue weighted by Crippen LogP contribution is -2.34. The molecule has 0 aliphatic carbocycles. The number of halogens is 1. The molecule has 0 aliphatic heterocycles. The van der Waals surface area contributed by atoms with Crippen LogP contribution in [0.25, 0.3) is 0 Å². The van der Waals surface area contributed by atoms with Crippen LogP contribution in [-0.2, 0) is 0 Å².